The van der Waals surface area contributed by atoms with E-state index in [1.54, 1.807) is 66.7 Å². The van der Waals surface area contributed by atoms with Crippen LogP contribution in [0.1, 0.15) is 127 Å². The second-order valence-electron chi connectivity index (χ2n) is 22.3. The predicted octanol–water partition coefficient (Wildman–Crippen LogP) is 6.20. The molecule has 0 radical (unpaired) electrons. The van der Waals surface area contributed by atoms with Gasteiger partial charge in [-0.15, -0.1) is 0 Å². The highest BCUT2D eigenvalue weighted by Gasteiger charge is 2.78. The molecule has 18 heteroatoms. The van der Waals surface area contributed by atoms with E-state index >= 15 is 9.59 Å². The van der Waals surface area contributed by atoms with E-state index < -0.39 is 135 Å². The molecule has 1 aliphatic heterocycles. The van der Waals surface area contributed by atoms with Crippen molar-refractivity contribution in [1.82, 2.24) is 5.32 Å². The van der Waals surface area contributed by atoms with E-state index in [-0.39, 0.29) is 48.1 Å². The summed E-state index contributed by atoms with van der Waals surface area (Å²) in [6.07, 6.45) is -11.0. The number of aliphatic carboxylic acids is 1. The standard InChI is InChI=1S/C57H67NO17/c1-31-37(72-49(65)43(73-51(68)53(6,7)27-26-52(4,5)50(66)67)41(34-20-14-11-15-21-34)58-47(63)35-22-16-12-17-23-35)29-57(69)46(74-48(64)36-24-18-13-19-25-36)44-55(10,38(61)28-39-56(44,30-70-39)75-33(3)60)45(62)42(71-32(2)59)40(31)54(57,8)9/h11-25,37-39,41-44,46,61,69H,26-30H2,1-10H3,(H,58,63)(H,66,67)/t37-,38-,39?,41-,42+,43+,44?,46-,55+,56-,57+/m0/s1. The second kappa shape index (κ2) is 20.8. The lowest BCUT2D eigenvalue weighted by Gasteiger charge is -2.67. The first-order chi connectivity index (χ1) is 35.0. The molecule has 2 saturated carbocycles. The molecule has 4 N–H and O–H groups in total. The van der Waals surface area contributed by atoms with Crippen LogP contribution in [0, 0.1) is 27.6 Å². The monoisotopic (exact) mass is 1040 g/mol. The fourth-order valence-electron chi connectivity index (χ4n) is 11.4. The molecule has 1 saturated heterocycles. The molecule has 18 nitrogen and oxygen atoms in total. The number of aliphatic hydroxyl groups excluding tert-OH is 1. The number of benzene rings is 3. The number of carbonyl (C=O) groups is 8. The van der Waals surface area contributed by atoms with Crippen LogP contribution >= 0.6 is 0 Å². The average Bonchev–Trinajstić information content (AvgIpc) is 3.35. The molecule has 3 aromatic rings. The van der Waals surface area contributed by atoms with Gasteiger partial charge < -0.3 is 49.1 Å². The van der Waals surface area contributed by atoms with Crippen molar-refractivity contribution in [2.24, 2.45) is 27.6 Å². The Morgan fingerprint density at radius 3 is 1.88 bits per heavy atom. The van der Waals surface area contributed by atoms with Crippen molar-refractivity contribution in [3.63, 3.8) is 0 Å². The highest BCUT2D eigenvalue weighted by molar-refractivity contribution is 5.96. The van der Waals surface area contributed by atoms with Gasteiger partial charge >= 0.3 is 35.8 Å². The number of Topliss-reactive ketones (excluding diaryl/α,β-unsaturated/α-hetero) is 1. The van der Waals surface area contributed by atoms with Gasteiger partial charge in [-0.1, -0.05) is 80.6 Å². The Morgan fingerprint density at radius 1 is 0.787 bits per heavy atom. The quantitative estimate of drug-likeness (QED) is 0.0706. The normalized spacial score (nSPS) is 28.7. The third kappa shape index (κ3) is 10.2. The van der Waals surface area contributed by atoms with Gasteiger partial charge in [0.25, 0.3) is 5.91 Å². The predicted molar refractivity (Wildman–Crippen MR) is 266 cm³/mol. The highest BCUT2D eigenvalue weighted by Crippen LogP contribution is 2.64. The van der Waals surface area contributed by atoms with E-state index in [9.17, 15) is 44.1 Å². The van der Waals surface area contributed by atoms with Crippen molar-refractivity contribution in [3.8, 4) is 0 Å². The summed E-state index contributed by atoms with van der Waals surface area (Å²) < 4.78 is 37.1. The van der Waals surface area contributed by atoms with E-state index in [0.717, 1.165) is 13.8 Å². The summed E-state index contributed by atoms with van der Waals surface area (Å²) in [6, 6.07) is 22.5. The van der Waals surface area contributed by atoms with Crippen LogP contribution in [0.15, 0.2) is 102 Å². The number of amides is 1. The number of fused-ring (bicyclic) bond motifs is 5. The van der Waals surface area contributed by atoms with Gasteiger partial charge in [0.15, 0.2) is 17.5 Å². The summed E-state index contributed by atoms with van der Waals surface area (Å²) in [6.45, 7) is 13.9. The third-order valence-electron chi connectivity index (χ3n) is 16.2. The molecule has 2 bridgehead atoms. The number of ketones is 1. The van der Waals surface area contributed by atoms with Crippen molar-refractivity contribution in [1.29, 1.82) is 0 Å². The van der Waals surface area contributed by atoms with Crippen LogP contribution in [-0.4, -0.2) is 117 Å². The minimum Gasteiger partial charge on any atom is -0.481 e. The molecule has 0 aromatic heterocycles. The zero-order valence-electron chi connectivity index (χ0n) is 43.9. The summed E-state index contributed by atoms with van der Waals surface area (Å²) in [5.74, 6) is -9.25. The lowest BCUT2D eigenvalue weighted by Crippen LogP contribution is -2.82. The van der Waals surface area contributed by atoms with Crippen LogP contribution in [0.2, 0.25) is 0 Å². The number of carboxylic acid groups (broad SMARTS) is 1. The molecule has 3 aliphatic carbocycles. The molecule has 3 aromatic carbocycles. The Kier molecular flexibility index (Phi) is 15.5. The smallest absolute Gasteiger partial charge is 0.350 e. The van der Waals surface area contributed by atoms with E-state index in [1.807, 2.05) is 0 Å². The molecule has 7 rings (SSSR count). The molecule has 4 aliphatic rings. The number of ether oxygens (including phenoxy) is 6. The van der Waals surface area contributed by atoms with Crippen molar-refractivity contribution < 1.29 is 82.1 Å². The molecule has 11 atom stereocenters. The van der Waals surface area contributed by atoms with Gasteiger partial charge in [0, 0.05) is 37.7 Å². The van der Waals surface area contributed by atoms with Gasteiger partial charge in [0.05, 0.1) is 40.4 Å². The van der Waals surface area contributed by atoms with Crippen molar-refractivity contribution in [2.75, 3.05) is 6.61 Å². The van der Waals surface area contributed by atoms with Gasteiger partial charge in [-0.25, -0.2) is 9.59 Å². The fraction of sp³-hybridized carbons (Fsp3) is 0.509. The van der Waals surface area contributed by atoms with Gasteiger partial charge in [-0.05, 0) is 95.4 Å². The molecular weight excluding hydrogens is 971 g/mol. The first kappa shape index (κ1) is 56.0. The van der Waals surface area contributed by atoms with Crippen LogP contribution < -0.4 is 5.32 Å². The Bertz CT molecular complexity index is 2750. The van der Waals surface area contributed by atoms with E-state index in [1.165, 1.54) is 79.7 Å². The zero-order chi connectivity index (χ0) is 55.2. The number of esters is 5. The Morgan fingerprint density at radius 2 is 1.35 bits per heavy atom. The van der Waals surface area contributed by atoms with E-state index in [2.05, 4.69) is 5.32 Å². The summed E-state index contributed by atoms with van der Waals surface area (Å²) in [5, 5.41) is 39.0. The maximum atomic E-state index is 15.8. The molecule has 402 valence electrons. The van der Waals surface area contributed by atoms with Gasteiger partial charge in [0.2, 0.25) is 6.10 Å². The molecule has 2 unspecified atom stereocenters. The van der Waals surface area contributed by atoms with Crippen molar-refractivity contribution in [2.45, 2.75) is 149 Å². The number of carbonyl (C=O) groups excluding carboxylic acids is 7. The number of hydrogen-bond acceptors (Lipinski definition) is 16. The maximum absolute atomic E-state index is 15.8. The second-order valence-corrected chi connectivity index (χ2v) is 22.3. The lowest BCUT2D eigenvalue weighted by atomic mass is 9.44. The average molecular weight is 1040 g/mol. The Labute approximate surface area is 435 Å². The number of nitrogens with one attached hydrogen (secondary N) is 1. The molecular formula is C57H67NO17. The summed E-state index contributed by atoms with van der Waals surface area (Å²) >= 11 is 0. The minimum absolute atomic E-state index is 0.0145. The van der Waals surface area contributed by atoms with Crippen LogP contribution in [-0.2, 0) is 57.2 Å². The van der Waals surface area contributed by atoms with Crippen LogP contribution in [0.4, 0.5) is 0 Å². The van der Waals surface area contributed by atoms with Crippen LogP contribution in [0.3, 0.4) is 0 Å². The Balaban J connectivity index is 1.42. The van der Waals surface area contributed by atoms with Gasteiger partial charge in [0.1, 0.15) is 30.0 Å². The van der Waals surface area contributed by atoms with E-state index in [4.69, 9.17) is 28.4 Å². The topological polar surface area (TPSA) is 265 Å². The Hall–Kier alpha value is -6.76. The fourth-order valence-corrected chi connectivity index (χ4v) is 11.4. The minimum atomic E-state index is -2.50. The molecule has 75 heavy (non-hydrogen) atoms. The number of hydrogen-bond donors (Lipinski definition) is 4. The third-order valence-corrected chi connectivity index (χ3v) is 16.2. The van der Waals surface area contributed by atoms with Gasteiger partial charge in [-0.2, -0.15) is 0 Å². The first-order valence-corrected chi connectivity index (χ1v) is 25.0. The summed E-state index contributed by atoms with van der Waals surface area (Å²) in [4.78, 5) is 113. The van der Waals surface area contributed by atoms with E-state index in [0.29, 0.717) is 5.56 Å². The van der Waals surface area contributed by atoms with Gasteiger partial charge in [-0.3, -0.25) is 28.8 Å². The van der Waals surface area contributed by atoms with Crippen LogP contribution in [0.25, 0.3) is 0 Å². The first-order valence-electron chi connectivity index (χ1n) is 25.0. The lowest BCUT2D eigenvalue weighted by molar-refractivity contribution is -0.346. The van der Waals surface area contributed by atoms with Crippen molar-refractivity contribution in [3.05, 3.63) is 119 Å². The number of carboxylic acids is 1. The number of rotatable bonds is 16. The number of aliphatic hydroxyl groups is 2. The van der Waals surface area contributed by atoms with Crippen molar-refractivity contribution >= 4 is 47.5 Å². The molecule has 3 fully saturated rings. The summed E-state index contributed by atoms with van der Waals surface area (Å²) in [5.41, 5.74) is -10.4. The summed E-state index contributed by atoms with van der Waals surface area (Å²) in [7, 11) is 0. The SMILES string of the molecule is CC(=O)O[C@H]1C(=O)[C@@]2(C)C([C@H](OC(=O)c3ccccc3)[C@]3(O)C[C@H](OC(=O)[C@H](OC(=O)C(C)(C)CCC(C)(C)C(=O)O)[C@@H](NC(=O)c4ccccc4)c4ccccc4)C(C)=C1C3(C)C)[C@]1(OC(C)=O)COC1C[C@@H]2O. The maximum Gasteiger partial charge on any atom is 0.350 e. The zero-order valence-corrected chi connectivity index (χ0v) is 43.9. The molecule has 0 spiro atoms. The largest absolute Gasteiger partial charge is 0.481 e. The molecule has 1 heterocycles. The highest BCUT2D eigenvalue weighted by atomic mass is 16.6. The molecule has 1 amide bonds. The van der Waals surface area contributed by atoms with Crippen LogP contribution in [0.5, 0.6) is 0 Å².